The number of hydrogen-bond acceptors (Lipinski definition) is 2. The SMILES string of the molecule is S=S1SCC=C1c1ccc2ccccc2c1. The Morgan fingerprint density at radius 1 is 1.06 bits per heavy atom. The fourth-order valence-electron chi connectivity index (χ4n) is 1.86. The minimum absolute atomic E-state index is 0.0434. The zero-order valence-corrected chi connectivity index (χ0v) is 11.0. The van der Waals surface area contributed by atoms with Crippen LogP contribution >= 0.6 is 10.8 Å². The van der Waals surface area contributed by atoms with Gasteiger partial charge >= 0.3 is 0 Å². The van der Waals surface area contributed by atoms with Gasteiger partial charge in [-0.2, -0.15) is 0 Å². The second-order valence-corrected chi connectivity index (χ2v) is 8.47. The van der Waals surface area contributed by atoms with E-state index in [0.717, 1.165) is 5.75 Å². The van der Waals surface area contributed by atoms with Crippen molar-refractivity contribution in [3.63, 3.8) is 0 Å². The molecule has 1 aliphatic heterocycles. The van der Waals surface area contributed by atoms with Gasteiger partial charge in [-0.05, 0) is 42.1 Å². The summed E-state index contributed by atoms with van der Waals surface area (Å²) in [6.45, 7) is 0. The molecule has 16 heavy (non-hydrogen) atoms. The summed E-state index contributed by atoms with van der Waals surface area (Å²) in [6, 6.07) is 15.1. The minimum atomic E-state index is -0.0434. The van der Waals surface area contributed by atoms with Crippen molar-refractivity contribution < 1.29 is 0 Å². The van der Waals surface area contributed by atoms with Gasteiger partial charge in [-0.1, -0.05) is 53.3 Å². The molecule has 0 aromatic heterocycles. The summed E-state index contributed by atoms with van der Waals surface area (Å²) < 4.78 is 0. The van der Waals surface area contributed by atoms with Crippen LogP contribution in [0, 0.1) is 0 Å². The molecule has 80 valence electrons. The van der Waals surface area contributed by atoms with Gasteiger partial charge in [0.1, 0.15) is 0 Å². The molecule has 2 aromatic carbocycles. The summed E-state index contributed by atoms with van der Waals surface area (Å²) >= 11 is 5.45. The van der Waals surface area contributed by atoms with Crippen LogP contribution in [0.25, 0.3) is 15.7 Å². The number of fused-ring (bicyclic) bond motifs is 1. The van der Waals surface area contributed by atoms with E-state index in [0.29, 0.717) is 0 Å². The highest BCUT2D eigenvalue weighted by Gasteiger charge is 2.12. The van der Waals surface area contributed by atoms with E-state index in [1.54, 1.807) is 0 Å². The van der Waals surface area contributed by atoms with Crippen molar-refractivity contribution in [2.24, 2.45) is 0 Å². The molecule has 0 saturated carbocycles. The zero-order chi connectivity index (χ0) is 11.0. The van der Waals surface area contributed by atoms with Gasteiger partial charge in [0.2, 0.25) is 0 Å². The lowest BCUT2D eigenvalue weighted by Gasteiger charge is -2.05. The van der Waals surface area contributed by atoms with Crippen LogP contribution in [0.2, 0.25) is 0 Å². The molecular formula is C13H10S3. The Balaban J connectivity index is 2.15. The van der Waals surface area contributed by atoms with E-state index in [2.05, 4.69) is 48.5 Å². The fourth-order valence-corrected chi connectivity index (χ4v) is 5.43. The number of benzene rings is 2. The van der Waals surface area contributed by atoms with Crippen molar-refractivity contribution in [3.8, 4) is 0 Å². The Kier molecular flexibility index (Phi) is 2.84. The Morgan fingerprint density at radius 2 is 1.88 bits per heavy atom. The smallest absolute Gasteiger partial charge is 0.0262 e. The molecule has 0 amide bonds. The van der Waals surface area contributed by atoms with Crippen molar-refractivity contribution >= 4 is 46.1 Å². The van der Waals surface area contributed by atoms with Crippen LogP contribution in [0.1, 0.15) is 5.56 Å². The van der Waals surface area contributed by atoms with Crippen molar-refractivity contribution in [2.75, 3.05) is 5.75 Å². The normalized spacial score (nSPS) is 20.0. The molecule has 0 saturated heterocycles. The molecule has 0 nitrogen and oxygen atoms in total. The predicted molar refractivity (Wildman–Crippen MR) is 79.1 cm³/mol. The molecular weight excluding hydrogens is 252 g/mol. The Bertz CT molecular complexity index is 599. The first kappa shape index (κ1) is 10.5. The molecule has 0 aliphatic carbocycles. The largest absolute Gasteiger partial charge is 0.0807 e. The lowest BCUT2D eigenvalue weighted by atomic mass is 10.1. The Hall–Kier alpha value is -0.640. The molecule has 0 bridgehead atoms. The Morgan fingerprint density at radius 3 is 2.62 bits per heavy atom. The highest BCUT2D eigenvalue weighted by atomic mass is 33.3. The first-order valence-corrected chi connectivity index (χ1v) is 8.74. The molecule has 1 heterocycles. The first-order valence-electron chi connectivity index (χ1n) is 5.09. The number of rotatable bonds is 1. The average Bonchev–Trinajstić information content (AvgIpc) is 2.75. The minimum Gasteiger partial charge on any atom is -0.0807 e. The summed E-state index contributed by atoms with van der Waals surface area (Å²) in [4.78, 5) is 1.34. The van der Waals surface area contributed by atoms with Gasteiger partial charge in [-0.15, -0.1) is 0 Å². The van der Waals surface area contributed by atoms with Crippen LogP contribution < -0.4 is 0 Å². The summed E-state index contributed by atoms with van der Waals surface area (Å²) in [7, 11) is 1.81. The maximum atomic E-state index is 5.45. The van der Waals surface area contributed by atoms with E-state index in [-0.39, 0.29) is 8.49 Å². The maximum Gasteiger partial charge on any atom is 0.0262 e. The first-order chi connectivity index (χ1) is 7.84. The quantitative estimate of drug-likeness (QED) is 0.714. The van der Waals surface area contributed by atoms with Gasteiger partial charge in [-0.3, -0.25) is 0 Å². The van der Waals surface area contributed by atoms with Gasteiger partial charge < -0.3 is 0 Å². The van der Waals surface area contributed by atoms with E-state index < -0.39 is 0 Å². The van der Waals surface area contributed by atoms with Gasteiger partial charge in [0, 0.05) is 10.7 Å². The van der Waals surface area contributed by atoms with Gasteiger partial charge in [0.15, 0.2) is 0 Å². The molecule has 0 N–H and O–H groups in total. The maximum absolute atomic E-state index is 5.45. The molecule has 1 unspecified atom stereocenters. The lowest BCUT2D eigenvalue weighted by molar-refractivity contribution is 1.68. The van der Waals surface area contributed by atoms with Crippen LogP contribution in [-0.4, -0.2) is 5.75 Å². The third-order valence-electron chi connectivity index (χ3n) is 2.66. The molecule has 0 radical (unpaired) electrons. The second-order valence-electron chi connectivity index (χ2n) is 3.65. The van der Waals surface area contributed by atoms with E-state index >= 15 is 0 Å². The van der Waals surface area contributed by atoms with E-state index in [9.17, 15) is 0 Å². The summed E-state index contributed by atoms with van der Waals surface area (Å²) in [5.41, 5.74) is 1.29. The lowest BCUT2D eigenvalue weighted by Crippen LogP contribution is -1.84. The Labute approximate surface area is 106 Å². The zero-order valence-electron chi connectivity index (χ0n) is 8.55. The van der Waals surface area contributed by atoms with Gasteiger partial charge in [0.25, 0.3) is 0 Å². The standard InChI is InChI=1S/C13H10S3/c14-16-13(7-8-15-16)12-6-5-10-3-1-2-4-11(10)9-12/h1-7,9H,8H2. The van der Waals surface area contributed by atoms with Gasteiger partial charge in [0.05, 0.1) is 0 Å². The molecule has 3 heteroatoms. The predicted octanol–water partition coefficient (Wildman–Crippen LogP) is 3.92. The highest BCUT2D eigenvalue weighted by Crippen LogP contribution is 2.34. The van der Waals surface area contributed by atoms with Crippen molar-refractivity contribution in [1.29, 1.82) is 0 Å². The van der Waals surface area contributed by atoms with E-state index in [1.165, 1.54) is 21.2 Å². The van der Waals surface area contributed by atoms with Crippen LogP contribution in [0.4, 0.5) is 0 Å². The van der Waals surface area contributed by atoms with Crippen molar-refractivity contribution in [3.05, 3.63) is 54.1 Å². The van der Waals surface area contributed by atoms with Gasteiger partial charge in [-0.25, -0.2) is 0 Å². The molecule has 3 rings (SSSR count). The molecule has 2 aromatic rings. The van der Waals surface area contributed by atoms with Crippen LogP contribution in [0.15, 0.2) is 48.5 Å². The summed E-state index contributed by atoms with van der Waals surface area (Å²) in [5, 5.41) is 2.59. The third kappa shape index (κ3) is 1.83. The topological polar surface area (TPSA) is 0 Å². The number of hydrogen-bond donors (Lipinski definition) is 0. The summed E-state index contributed by atoms with van der Waals surface area (Å²) in [5.74, 6) is 1.06. The average molecular weight is 262 g/mol. The molecule has 0 fully saturated rings. The van der Waals surface area contributed by atoms with Crippen molar-refractivity contribution in [1.82, 2.24) is 0 Å². The molecule has 1 aliphatic rings. The molecule has 0 spiro atoms. The van der Waals surface area contributed by atoms with Crippen LogP contribution in [0.5, 0.6) is 0 Å². The van der Waals surface area contributed by atoms with Crippen molar-refractivity contribution in [2.45, 2.75) is 0 Å². The van der Waals surface area contributed by atoms with Crippen LogP contribution in [-0.2, 0) is 19.7 Å². The van der Waals surface area contributed by atoms with Crippen LogP contribution in [0.3, 0.4) is 0 Å². The molecule has 1 atom stereocenters. The fraction of sp³-hybridized carbons (Fsp3) is 0.0769. The monoisotopic (exact) mass is 262 g/mol. The van der Waals surface area contributed by atoms with E-state index in [1.807, 2.05) is 10.8 Å². The third-order valence-corrected chi connectivity index (χ3v) is 6.93. The van der Waals surface area contributed by atoms with E-state index in [4.69, 9.17) is 11.2 Å². The summed E-state index contributed by atoms with van der Waals surface area (Å²) in [6.07, 6.45) is 2.27. The highest BCUT2D eigenvalue weighted by molar-refractivity contribution is 8.86. The second kappa shape index (κ2) is 4.32.